The Balaban J connectivity index is 1.49. The average molecular weight is 425 g/mol. The molecule has 1 fully saturated rings. The first-order chi connectivity index (χ1) is 15.2. The number of nitrogens with one attached hydrogen (secondary N) is 3. The molecular formula is C24H32N4O3. The molecule has 1 aliphatic rings. The SMILES string of the molecule is CCCCCOc1ccccc1/C=N/NC(=O)C1CC(c2ccc(OCC)cc2)NN1. The number of rotatable bonds is 11. The van der Waals surface area contributed by atoms with Crippen molar-refractivity contribution < 1.29 is 14.3 Å². The van der Waals surface area contributed by atoms with Crippen LogP contribution in [0.3, 0.4) is 0 Å². The van der Waals surface area contributed by atoms with Gasteiger partial charge in [0, 0.05) is 11.6 Å². The molecule has 0 saturated carbocycles. The molecule has 7 heteroatoms. The van der Waals surface area contributed by atoms with Crippen LogP contribution < -0.4 is 25.8 Å². The van der Waals surface area contributed by atoms with Crippen molar-refractivity contribution in [1.82, 2.24) is 16.3 Å². The Morgan fingerprint density at radius 2 is 1.90 bits per heavy atom. The molecule has 0 aromatic heterocycles. The molecule has 0 spiro atoms. The maximum absolute atomic E-state index is 12.5. The highest BCUT2D eigenvalue weighted by atomic mass is 16.5. The van der Waals surface area contributed by atoms with Crippen LogP contribution in [0.25, 0.3) is 0 Å². The zero-order valence-corrected chi connectivity index (χ0v) is 18.3. The Labute approximate surface area is 184 Å². The van der Waals surface area contributed by atoms with E-state index in [1.165, 1.54) is 0 Å². The Hall–Kier alpha value is -2.90. The van der Waals surface area contributed by atoms with Crippen molar-refractivity contribution in [3.05, 3.63) is 59.7 Å². The van der Waals surface area contributed by atoms with E-state index >= 15 is 0 Å². The predicted octanol–water partition coefficient (Wildman–Crippen LogP) is 3.71. The Morgan fingerprint density at radius 1 is 1.10 bits per heavy atom. The third-order valence-electron chi connectivity index (χ3n) is 5.12. The minimum atomic E-state index is -0.366. The summed E-state index contributed by atoms with van der Waals surface area (Å²) in [5.74, 6) is 1.43. The Kier molecular flexibility index (Phi) is 8.87. The maximum atomic E-state index is 12.5. The summed E-state index contributed by atoms with van der Waals surface area (Å²) in [6.07, 6.45) is 5.58. The van der Waals surface area contributed by atoms with Crippen LogP contribution in [-0.4, -0.2) is 31.4 Å². The minimum absolute atomic E-state index is 0.0488. The number of carbonyl (C=O) groups is 1. The van der Waals surface area contributed by atoms with E-state index < -0.39 is 0 Å². The molecule has 7 nitrogen and oxygen atoms in total. The van der Waals surface area contributed by atoms with Gasteiger partial charge in [0.15, 0.2) is 0 Å². The molecule has 2 aromatic rings. The van der Waals surface area contributed by atoms with Crippen LogP contribution in [0.5, 0.6) is 11.5 Å². The summed E-state index contributed by atoms with van der Waals surface area (Å²) in [6.45, 7) is 5.44. The second-order valence-corrected chi connectivity index (χ2v) is 7.46. The topological polar surface area (TPSA) is 84.0 Å². The summed E-state index contributed by atoms with van der Waals surface area (Å²) < 4.78 is 11.3. The van der Waals surface area contributed by atoms with Crippen LogP contribution in [0.4, 0.5) is 0 Å². The number of ether oxygens (including phenoxy) is 2. The van der Waals surface area contributed by atoms with Crippen LogP contribution in [-0.2, 0) is 4.79 Å². The second kappa shape index (κ2) is 12.1. The molecule has 2 aromatic carbocycles. The number of hydrogen-bond acceptors (Lipinski definition) is 6. The first kappa shape index (κ1) is 22.8. The molecular weight excluding hydrogens is 392 g/mol. The molecule has 1 aliphatic heterocycles. The lowest BCUT2D eigenvalue weighted by Crippen LogP contribution is -2.41. The van der Waals surface area contributed by atoms with E-state index in [0.29, 0.717) is 19.6 Å². The van der Waals surface area contributed by atoms with Crippen LogP contribution in [0, 0.1) is 0 Å². The number of para-hydroxylation sites is 1. The quantitative estimate of drug-likeness (QED) is 0.291. The van der Waals surface area contributed by atoms with E-state index in [1.807, 2.05) is 55.5 Å². The standard InChI is InChI=1S/C24H32N4O3/c1-3-5-8-15-31-23-10-7-6-9-19(23)17-25-28-24(29)22-16-21(26-27-22)18-11-13-20(14-12-18)30-4-2/h6-7,9-14,17,21-22,26-27H,3-5,8,15-16H2,1-2H3,(H,28,29)/b25-17+. The smallest absolute Gasteiger partial charge is 0.258 e. The molecule has 0 aliphatic carbocycles. The van der Waals surface area contributed by atoms with Crippen molar-refractivity contribution in [2.75, 3.05) is 13.2 Å². The summed E-state index contributed by atoms with van der Waals surface area (Å²) >= 11 is 0. The molecule has 0 bridgehead atoms. The third-order valence-corrected chi connectivity index (χ3v) is 5.12. The van der Waals surface area contributed by atoms with E-state index in [4.69, 9.17) is 9.47 Å². The van der Waals surface area contributed by atoms with E-state index in [0.717, 1.165) is 41.9 Å². The number of unbranched alkanes of at least 4 members (excludes halogenated alkanes) is 2. The number of carbonyl (C=O) groups excluding carboxylic acids is 1. The fourth-order valence-electron chi connectivity index (χ4n) is 3.41. The first-order valence-electron chi connectivity index (χ1n) is 11.0. The van der Waals surface area contributed by atoms with Crippen molar-refractivity contribution in [2.45, 2.75) is 51.6 Å². The highest BCUT2D eigenvalue weighted by molar-refractivity contribution is 5.86. The van der Waals surface area contributed by atoms with Crippen molar-refractivity contribution >= 4 is 12.1 Å². The molecule has 1 amide bonds. The zero-order valence-electron chi connectivity index (χ0n) is 18.3. The molecule has 2 unspecified atom stereocenters. The van der Waals surface area contributed by atoms with E-state index in [-0.39, 0.29) is 18.0 Å². The van der Waals surface area contributed by atoms with Gasteiger partial charge >= 0.3 is 0 Å². The largest absolute Gasteiger partial charge is 0.494 e. The summed E-state index contributed by atoms with van der Waals surface area (Å²) in [4.78, 5) is 12.5. The highest BCUT2D eigenvalue weighted by Crippen LogP contribution is 2.24. The predicted molar refractivity (Wildman–Crippen MR) is 122 cm³/mol. The van der Waals surface area contributed by atoms with Crippen molar-refractivity contribution in [2.24, 2.45) is 5.10 Å². The summed E-state index contributed by atoms with van der Waals surface area (Å²) in [7, 11) is 0. The first-order valence-corrected chi connectivity index (χ1v) is 11.0. The average Bonchev–Trinajstić information content (AvgIpc) is 3.29. The van der Waals surface area contributed by atoms with Crippen LogP contribution in [0.2, 0.25) is 0 Å². The van der Waals surface area contributed by atoms with Gasteiger partial charge in [0.2, 0.25) is 0 Å². The molecule has 1 saturated heterocycles. The van der Waals surface area contributed by atoms with E-state index in [1.54, 1.807) is 6.21 Å². The number of hydrogen-bond donors (Lipinski definition) is 3. The molecule has 0 radical (unpaired) electrons. The normalized spacial score (nSPS) is 18.3. The monoisotopic (exact) mass is 424 g/mol. The zero-order chi connectivity index (χ0) is 21.9. The Morgan fingerprint density at radius 3 is 2.68 bits per heavy atom. The van der Waals surface area contributed by atoms with Gasteiger partial charge in [-0.2, -0.15) is 5.10 Å². The van der Waals surface area contributed by atoms with Crippen molar-refractivity contribution in [3.8, 4) is 11.5 Å². The molecule has 3 N–H and O–H groups in total. The third kappa shape index (κ3) is 6.80. The summed E-state index contributed by atoms with van der Waals surface area (Å²) in [6, 6.07) is 15.3. The van der Waals surface area contributed by atoms with E-state index in [9.17, 15) is 4.79 Å². The number of amides is 1. The van der Waals surface area contributed by atoms with Gasteiger partial charge in [0.1, 0.15) is 17.5 Å². The van der Waals surface area contributed by atoms with Gasteiger partial charge in [-0.3, -0.25) is 4.79 Å². The fourth-order valence-corrected chi connectivity index (χ4v) is 3.41. The number of hydrazine groups is 1. The van der Waals surface area contributed by atoms with Crippen molar-refractivity contribution in [1.29, 1.82) is 0 Å². The molecule has 2 atom stereocenters. The van der Waals surface area contributed by atoms with Gasteiger partial charge in [-0.1, -0.05) is 44.0 Å². The molecule has 31 heavy (non-hydrogen) atoms. The second-order valence-electron chi connectivity index (χ2n) is 7.46. The van der Waals surface area contributed by atoms with Gasteiger partial charge in [0.25, 0.3) is 5.91 Å². The summed E-state index contributed by atoms with van der Waals surface area (Å²) in [5, 5.41) is 4.13. The van der Waals surface area contributed by atoms with Gasteiger partial charge in [-0.15, -0.1) is 0 Å². The lowest BCUT2D eigenvalue weighted by Gasteiger charge is -2.11. The lowest BCUT2D eigenvalue weighted by atomic mass is 10.0. The van der Waals surface area contributed by atoms with Gasteiger partial charge in [0.05, 0.1) is 19.4 Å². The number of nitrogens with zero attached hydrogens (tertiary/aromatic N) is 1. The Bertz CT molecular complexity index is 854. The lowest BCUT2D eigenvalue weighted by molar-refractivity contribution is -0.122. The van der Waals surface area contributed by atoms with Crippen LogP contribution in [0.1, 0.15) is 56.7 Å². The van der Waals surface area contributed by atoms with Gasteiger partial charge in [-0.25, -0.2) is 16.3 Å². The van der Waals surface area contributed by atoms with Crippen molar-refractivity contribution in [3.63, 3.8) is 0 Å². The maximum Gasteiger partial charge on any atom is 0.258 e. The van der Waals surface area contributed by atoms with Crippen LogP contribution in [0.15, 0.2) is 53.6 Å². The number of benzene rings is 2. The summed E-state index contributed by atoms with van der Waals surface area (Å²) in [5.41, 5.74) is 10.8. The fraction of sp³-hybridized carbons (Fsp3) is 0.417. The van der Waals surface area contributed by atoms with Crippen LogP contribution >= 0.6 is 0 Å². The molecule has 166 valence electrons. The molecule has 3 rings (SSSR count). The number of hydrazone groups is 1. The molecule has 1 heterocycles. The van der Waals surface area contributed by atoms with E-state index in [2.05, 4.69) is 28.3 Å². The highest BCUT2D eigenvalue weighted by Gasteiger charge is 2.30. The minimum Gasteiger partial charge on any atom is -0.494 e. The van der Waals surface area contributed by atoms with Gasteiger partial charge < -0.3 is 9.47 Å². The van der Waals surface area contributed by atoms with Gasteiger partial charge in [-0.05, 0) is 49.6 Å².